The Labute approximate surface area is 195 Å². The van der Waals surface area contributed by atoms with Gasteiger partial charge in [0.25, 0.3) is 0 Å². The number of fused-ring (bicyclic) bond motifs is 1. The minimum atomic E-state index is -3.62. The number of hydrogen-bond acceptors (Lipinski definition) is 4. The fourth-order valence-corrected chi connectivity index (χ4v) is 6.09. The van der Waals surface area contributed by atoms with Crippen molar-refractivity contribution in [1.29, 1.82) is 0 Å². The van der Waals surface area contributed by atoms with Crippen LogP contribution in [0.2, 0.25) is 5.02 Å². The maximum Gasteiger partial charge on any atom is 0.243 e. The van der Waals surface area contributed by atoms with Gasteiger partial charge in [-0.3, -0.25) is 4.79 Å². The van der Waals surface area contributed by atoms with Crippen molar-refractivity contribution in [3.63, 3.8) is 0 Å². The molecule has 6 nitrogen and oxygen atoms in total. The molecular weight excluding hydrogens is 446 g/mol. The molecule has 1 saturated heterocycles. The summed E-state index contributed by atoms with van der Waals surface area (Å²) < 4.78 is 28.4. The van der Waals surface area contributed by atoms with Crippen molar-refractivity contribution >= 4 is 38.9 Å². The van der Waals surface area contributed by atoms with Crippen molar-refractivity contribution < 1.29 is 13.2 Å². The summed E-state index contributed by atoms with van der Waals surface area (Å²) in [7, 11) is -3.62. The summed E-state index contributed by atoms with van der Waals surface area (Å²) in [6.45, 7) is 10.5. The van der Waals surface area contributed by atoms with Crippen LogP contribution in [0.3, 0.4) is 0 Å². The topological polar surface area (TPSA) is 60.9 Å². The molecule has 1 fully saturated rings. The molecule has 0 spiro atoms. The lowest BCUT2D eigenvalue weighted by Crippen LogP contribution is -2.48. The van der Waals surface area contributed by atoms with Gasteiger partial charge in [-0.25, -0.2) is 8.42 Å². The molecule has 172 valence electrons. The first kappa shape index (κ1) is 23.1. The van der Waals surface area contributed by atoms with Gasteiger partial charge >= 0.3 is 0 Å². The summed E-state index contributed by atoms with van der Waals surface area (Å²) in [4.78, 5) is 16.9. The fraction of sp³-hybridized carbons (Fsp3) is 0.458. The van der Waals surface area contributed by atoms with Crippen molar-refractivity contribution in [3.8, 4) is 0 Å². The van der Waals surface area contributed by atoms with Crippen molar-refractivity contribution in [2.45, 2.75) is 38.0 Å². The first-order valence-electron chi connectivity index (χ1n) is 11.0. The second kappa shape index (κ2) is 8.36. The molecule has 4 rings (SSSR count). The van der Waals surface area contributed by atoms with Gasteiger partial charge < -0.3 is 9.80 Å². The zero-order valence-electron chi connectivity index (χ0n) is 19.0. The number of amides is 1. The summed E-state index contributed by atoms with van der Waals surface area (Å²) in [5, 5.41) is 0.683. The molecule has 0 aromatic heterocycles. The van der Waals surface area contributed by atoms with Gasteiger partial charge in [-0.15, -0.1) is 0 Å². The summed E-state index contributed by atoms with van der Waals surface area (Å²) >= 11 is 5.98. The molecule has 32 heavy (non-hydrogen) atoms. The maximum atomic E-state index is 13.4. The van der Waals surface area contributed by atoms with Crippen LogP contribution in [0.1, 0.15) is 33.3 Å². The number of anilines is 2. The molecule has 2 aliphatic heterocycles. The summed E-state index contributed by atoms with van der Waals surface area (Å²) in [6, 6.07) is 12.8. The predicted molar refractivity (Wildman–Crippen MR) is 129 cm³/mol. The second-order valence-electron chi connectivity index (χ2n) is 9.51. The van der Waals surface area contributed by atoms with Crippen LogP contribution in [0.5, 0.6) is 0 Å². The molecule has 0 saturated carbocycles. The minimum Gasteiger partial charge on any atom is -0.369 e. The number of piperazine rings is 1. The average Bonchev–Trinajstić information content (AvgIpc) is 3.04. The van der Waals surface area contributed by atoms with E-state index in [-0.39, 0.29) is 17.2 Å². The van der Waals surface area contributed by atoms with Crippen LogP contribution in [-0.2, 0) is 20.2 Å². The average molecular weight is 476 g/mol. The first-order valence-corrected chi connectivity index (χ1v) is 12.8. The van der Waals surface area contributed by atoms with E-state index in [1.54, 1.807) is 27.4 Å². The van der Waals surface area contributed by atoms with Crippen LogP contribution in [0, 0.1) is 5.92 Å². The second-order valence-corrected chi connectivity index (χ2v) is 11.9. The Morgan fingerprint density at radius 3 is 2.22 bits per heavy atom. The van der Waals surface area contributed by atoms with E-state index in [1.807, 2.05) is 38.1 Å². The van der Waals surface area contributed by atoms with Gasteiger partial charge in [0.2, 0.25) is 15.9 Å². The summed E-state index contributed by atoms with van der Waals surface area (Å²) in [5.74, 6) is -0.0529. The number of hydrogen-bond donors (Lipinski definition) is 0. The molecule has 8 heteroatoms. The Kier molecular flexibility index (Phi) is 6.03. The molecule has 2 aromatic rings. The molecule has 2 heterocycles. The van der Waals surface area contributed by atoms with Gasteiger partial charge in [0, 0.05) is 60.5 Å². The number of carbonyl (C=O) groups is 1. The molecule has 0 aliphatic carbocycles. The molecule has 0 atom stereocenters. The van der Waals surface area contributed by atoms with E-state index >= 15 is 0 Å². The molecule has 0 radical (unpaired) electrons. The lowest BCUT2D eigenvalue weighted by molar-refractivity contribution is -0.121. The molecule has 2 aliphatic rings. The van der Waals surface area contributed by atoms with Crippen LogP contribution >= 0.6 is 11.6 Å². The molecule has 1 amide bonds. The van der Waals surface area contributed by atoms with E-state index in [2.05, 4.69) is 18.7 Å². The van der Waals surface area contributed by atoms with Crippen LogP contribution in [0.15, 0.2) is 47.4 Å². The lowest BCUT2D eigenvalue weighted by atomic mass is 9.87. The monoisotopic (exact) mass is 475 g/mol. The number of rotatable bonds is 4. The normalized spacial score (nSPS) is 18.8. The van der Waals surface area contributed by atoms with E-state index in [4.69, 9.17) is 11.6 Å². The van der Waals surface area contributed by atoms with E-state index in [0.717, 1.165) is 16.9 Å². The third-order valence-corrected chi connectivity index (χ3v) is 8.52. The Balaban J connectivity index is 1.55. The largest absolute Gasteiger partial charge is 0.369 e. The third-order valence-electron chi connectivity index (χ3n) is 6.37. The van der Waals surface area contributed by atoms with Crippen molar-refractivity contribution in [3.05, 3.63) is 53.1 Å². The third kappa shape index (κ3) is 4.14. The van der Waals surface area contributed by atoms with Gasteiger partial charge in [0.05, 0.1) is 4.90 Å². The Morgan fingerprint density at radius 1 is 1.00 bits per heavy atom. The SMILES string of the molecule is CC(C)C(=O)N1CC(C)(C)c2cc(S(=O)(=O)N3CCN(c4ccc(Cl)cc4)CC3)ccc21. The quantitative estimate of drug-likeness (QED) is 0.667. The smallest absolute Gasteiger partial charge is 0.243 e. The van der Waals surface area contributed by atoms with E-state index in [9.17, 15) is 13.2 Å². The van der Waals surface area contributed by atoms with Gasteiger partial charge in [-0.1, -0.05) is 39.3 Å². The van der Waals surface area contributed by atoms with E-state index < -0.39 is 10.0 Å². The fourth-order valence-electron chi connectivity index (χ4n) is 4.51. The van der Waals surface area contributed by atoms with E-state index in [0.29, 0.717) is 42.6 Å². The van der Waals surface area contributed by atoms with Crippen molar-refractivity contribution in [2.75, 3.05) is 42.5 Å². The maximum absolute atomic E-state index is 13.4. The Bertz CT molecular complexity index is 1120. The standard InChI is InChI=1S/C24H30ClN3O3S/c1-17(2)23(29)28-16-24(3,4)21-15-20(9-10-22(21)28)32(30,31)27-13-11-26(12-14-27)19-7-5-18(25)6-8-19/h5-10,15,17H,11-14,16H2,1-4H3. The predicted octanol–water partition coefficient (Wildman–Crippen LogP) is 4.13. The van der Waals surface area contributed by atoms with Crippen molar-refractivity contribution in [2.24, 2.45) is 5.92 Å². The minimum absolute atomic E-state index is 0.0609. The van der Waals surface area contributed by atoms with Gasteiger partial charge in [-0.05, 0) is 48.0 Å². The summed E-state index contributed by atoms with van der Waals surface area (Å²) in [5.41, 5.74) is 2.46. The molecule has 0 bridgehead atoms. The van der Waals surface area contributed by atoms with Crippen LogP contribution in [0.25, 0.3) is 0 Å². The zero-order valence-corrected chi connectivity index (χ0v) is 20.6. The number of benzene rings is 2. The number of nitrogens with zero attached hydrogens (tertiary/aromatic N) is 3. The highest BCUT2D eigenvalue weighted by Crippen LogP contribution is 2.42. The van der Waals surface area contributed by atoms with E-state index in [1.165, 1.54) is 0 Å². The van der Waals surface area contributed by atoms with Crippen LogP contribution in [-0.4, -0.2) is 51.4 Å². The molecule has 0 unspecified atom stereocenters. The first-order chi connectivity index (χ1) is 15.0. The zero-order chi connectivity index (χ0) is 23.3. The Morgan fingerprint density at radius 2 is 1.62 bits per heavy atom. The van der Waals surface area contributed by atoms with Gasteiger partial charge in [-0.2, -0.15) is 4.31 Å². The Hall–Kier alpha value is -2.09. The highest BCUT2D eigenvalue weighted by atomic mass is 35.5. The van der Waals surface area contributed by atoms with Gasteiger partial charge in [0.15, 0.2) is 0 Å². The van der Waals surface area contributed by atoms with Crippen LogP contribution < -0.4 is 9.80 Å². The molecule has 2 aromatic carbocycles. The number of halogens is 1. The highest BCUT2D eigenvalue weighted by molar-refractivity contribution is 7.89. The van der Waals surface area contributed by atoms with Crippen LogP contribution in [0.4, 0.5) is 11.4 Å². The molecular formula is C24H30ClN3O3S. The van der Waals surface area contributed by atoms with Gasteiger partial charge in [0.1, 0.15) is 0 Å². The number of sulfonamides is 1. The highest BCUT2D eigenvalue weighted by Gasteiger charge is 2.40. The molecule has 0 N–H and O–H groups in total. The summed E-state index contributed by atoms with van der Waals surface area (Å²) in [6.07, 6.45) is 0. The van der Waals surface area contributed by atoms with Crippen molar-refractivity contribution in [1.82, 2.24) is 4.31 Å². The number of carbonyl (C=O) groups excluding carboxylic acids is 1. The lowest BCUT2D eigenvalue weighted by Gasteiger charge is -2.35.